The minimum Gasteiger partial charge on any atom is -0.340 e. The van der Waals surface area contributed by atoms with Gasteiger partial charge in [0.15, 0.2) is 17.5 Å². The highest BCUT2D eigenvalue weighted by molar-refractivity contribution is 5.94. The smallest absolute Gasteiger partial charge is 0.253 e. The fraction of sp³-hybridized carbons (Fsp3) is 0.526. The number of amides is 1. The predicted octanol–water partition coefficient (Wildman–Crippen LogP) is 3.63. The molecule has 1 aromatic heterocycles. The van der Waals surface area contributed by atoms with Crippen LogP contribution in [0, 0.1) is 24.5 Å². The third-order valence-electron chi connectivity index (χ3n) is 5.41. The Hall–Kier alpha value is -2.31. The van der Waals surface area contributed by atoms with E-state index in [0.717, 1.165) is 31.4 Å². The first-order chi connectivity index (χ1) is 12.5. The molecule has 1 atom stereocenters. The second-order valence-electron chi connectivity index (χ2n) is 7.52. The second kappa shape index (κ2) is 6.45. The first-order valence-electron chi connectivity index (χ1n) is 9.02. The van der Waals surface area contributed by atoms with Crippen molar-refractivity contribution in [3.63, 3.8) is 0 Å². The summed E-state index contributed by atoms with van der Waals surface area (Å²) in [6, 6.07) is 3.29. The molecule has 4 rings (SSSR count). The highest BCUT2D eigenvalue weighted by Gasteiger charge is 2.45. The van der Waals surface area contributed by atoms with Crippen LogP contribution in [0.1, 0.15) is 54.2 Å². The van der Waals surface area contributed by atoms with Gasteiger partial charge in [-0.05, 0) is 43.4 Å². The van der Waals surface area contributed by atoms with Crippen LogP contribution in [0.25, 0.3) is 0 Å². The van der Waals surface area contributed by atoms with E-state index < -0.39 is 11.6 Å². The molecule has 1 aromatic carbocycles. The Bertz CT molecular complexity index is 834. The molecule has 2 heterocycles. The number of aromatic nitrogens is 2. The van der Waals surface area contributed by atoms with Crippen LogP contribution in [-0.2, 0) is 5.41 Å². The molecule has 2 fully saturated rings. The Morgan fingerprint density at radius 1 is 1.35 bits per heavy atom. The summed E-state index contributed by atoms with van der Waals surface area (Å²) in [6.45, 7) is 2.82. The third kappa shape index (κ3) is 3.22. The van der Waals surface area contributed by atoms with E-state index in [4.69, 9.17) is 4.52 Å². The fourth-order valence-electron chi connectivity index (χ4n) is 3.95. The number of hydrogen-bond donors (Lipinski definition) is 0. The molecule has 1 saturated carbocycles. The lowest BCUT2D eigenvalue weighted by molar-refractivity contribution is 0.0606. The topological polar surface area (TPSA) is 59.2 Å². The summed E-state index contributed by atoms with van der Waals surface area (Å²) in [4.78, 5) is 19.0. The molecule has 138 valence electrons. The Kier molecular flexibility index (Phi) is 4.25. The number of halogens is 2. The lowest BCUT2D eigenvalue weighted by Crippen LogP contribution is -2.49. The van der Waals surface area contributed by atoms with Gasteiger partial charge in [0.25, 0.3) is 5.91 Å². The number of carbonyl (C=O) groups excluding carboxylic acids is 1. The van der Waals surface area contributed by atoms with Gasteiger partial charge in [0.2, 0.25) is 5.89 Å². The van der Waals surface area contributed by atoms with Gasteiger partial charge in [-0.3, -0.25) is 4.79 Å². The average molecular weight is 361 g/mol. The lowest BCUT2D eigenvalue weighted by Gasteiger charge is -2.41. The zero-order valence-corrected chi connectivity index (χ0v) is 14.7. The van der Waals surface area contributed by atoms with Gasteiger partial charge in [-0.1, -0.05) is 18.0 Å². The zero-order chi connectivity index (χ0) is 18.3. The minimum absolute atomic E-state index is 0.162. The number of rotatable bonds is 4. The summed E-state index contributed by atoms with van der Waals surface area (Å²) in [7, 11) is 0. The van der Waals surface area contributed by atoms with E-state index in [0.29, 0.717) is 30.7 Å². The van der Waals surface area contributed by atoms with Crippen molar-refractivity contribution in [1.29, 1.82) is 0 Å². The second-order valence-corrected chi connectivity index (χ2v) is 7.52. The predicted molar refractivity (Wildman–Crippen MR) is 89.5 cm³/mol. The van der Waals surface area contributed by atoms with Crippen molar-refractivity contribution in [2.75, 3.05) is 13.1 Å². The standard InChI is InChI=1S/C19H21F2N3O2/c1-12-22-18(23-26-12)19(10-13-3-4-13)7-2-8-24(11-19)17(25)14-5-6-15(20)16(21)9-14/h5-6,9,13H,2-4,7-8,10-11H2,1H3. The number of nitrogens with zero attached hydrogens (tertiary/aromatic N) is 3. The monoisotopic (exact) mass is 361 g/mol. The van der Waals surface area contributed by atoms with Crippen LogP contribution in [0.2, 0.25) is 0 Å². The summed E-state index contributed by atoms with van der Waals surface area (Å²) < 4.78 is 31.9. The average Bonchev–Trinajstić information content (AvgIpc) is 3.33. The van der Waals surface area contributed by atoms with Gasteiger partial charge in [0.05, 0.1) is 5.41 Å². The Labute approximate surface area is 150 Å². The molecule has 0 bridgehead atoms. The van der Waals surface area contributed by atoms with Crippen LogP contribution >= 0.6 is 0 Å². The maximum absolute atomic E-state index is 13.5. The van der Waals surface area contributed by atoms with Gasteiger partial charge >= 0.3 is 0 Å². The lowest BCUT2D eigenvalue weighted by atomic mass is 9.74. The molecule has 1 unspecified atom stereocenters. The Morgan fingerprint density at radius 3 is 2.81 bits per heavy atom. The summed E-state index contributed by atoms with van der Waals surface area (Å²) in [5.74, 6) is -0.448. The molecular weight excluding hydrogens is 340 g/mol. The van der Waals surface area contributed by atoms with Crippen molar-refractivity contribution in [2.45, 2.75) is 44.4 Å². The van der Waals surface area contributed by atoms with Crippen LogP contribution in [0.3, 0.4) is 0 Å². The van der Waals surface area contributed by atoms with E-state index in [2.05, 4.69) is 10.1 Å². The maximum Gasteiger partial charge on any atom is 0.253 e. The van der Waals surface area contributed by atoms with Crippen LogP contribution in [0.5, 0.6) is 0 Å². The van der Waals surface area contributed by atoms with Crippen molar-refractivity contribution in [3.05, 3.63) is 47.1 Å². The van der Waals surface area contributed by atoms with Crippen molar-refractivity contribution in [2.24, 2.45) is 5.92 Å². The molecule has 0 N–H and O–H groups in total. The van der Waals surface area contributed by atoms with E-state index >= 15 is 0 Å². The van der Waals surface area contributed by atoms with Crippen LogP contribution in [0.15, 0.2) is 22.7 Å². The van der Waals surface area contributed by atoms with Crippen LogP contribution in [-0.4, -0.2) is 34.0 Å². The number of piperidine rings is 1. The van der Waals surface area contributed by atoms with Gasteiger partial charge in [0, 0.05) is 25.6 Å². The molecular formula is C19H21F2N3O2. The van der Waals surface area contributed by atoms with Gasteiger partial charge in [-0.15, -0.1) is 0 Å². The summed E-state index contributed by atoms with van der Waals surface area (Å²) in [5.41, 5.74) is -0.166. The number of carbonyl (C=O) groups is 1. The number of likely N-dealkylation sites (tertiary alicyclic amines) is 1. The highest BCUT2D eigenvalue weighted by Crippen LogP contribution is 2.45. The molecule has 1 saturated heterocycles. The van der Waals surface area contributed by atoms with Gasteiger partial charge in [-0.25, -0.2) is 8.78 Å². The van der Waals surface area contributed by atoms with E-state index in [9.17, 15) is 13.6 Å². The first-order valence-corrected chi connectivity index (χ1v) is 9.02. The zero-order valence-electron chi connectivity index (χ0n) is 14.7. The molecule has 1 amide bonds. The van der Waals surface area contributed by atoms with E-state index in [1.54, 1.807) is 11.8 Å². The molecule has 1 aliphatic heterocycles. The number of hydrogen-bond acceptors (Lipinski definition) is 4. The molecule has 26 heavy (non-hydrogen) atoms. The quantitative estimate of drug-likeness (QED) is 0.834. The minimum atomic E-state index is -1.01. The SMILES string of the molecule is Cc1nc(C2(CC3CC3)CCCN(C(=O)c3ccc(F)c(F)c3)C2)no1. The Morgan fingerprint density at radius 2 is 2.15 bits per heavy atom. The van der Waals surface area contributed by atoms with E-state index in [1.807, 2.05) is 0 Å². The van der Waals surface area contributed by atoms with Crippen LogP contribution < -0.4 is 0 Å². The van der Waals surface area contributed by atoms with Gasteiger partial charge < -0.3 is 9.42 Å². The number of aryl methyl sites for hydroxylation is 1. The van der Waals surface area contributed by atoms with E-state index in [1.165, 1.54) is 18.9 Å². The van der Waals surface area contributed by atoms with E-state index in [-0.39, 0.29) is 16.9 Å². The normalized spacial score (nSPS) is 23.3. The summed E-state index contributed by atoms with van der Waals surface area (Å²) >= 11 is 0. The van der Waals surface area contributed by atoms with Gasteiger partial charge in [-0.2, -0.15) is 4.98 Å². The molecule has 2 aliphatic rings. The largest absolute Gasteiger partial charge is 0.340 e. The fourth-order valence-corrected chi connectivity index (χ4v) is 3.95. The summed E-state index contributed by atoms with van der Waals surface area (Å²) in [5, 5.41) is 4.15. The molecule has 1 aliphatic carbocycles. The van der Waals surface area contributed by atoms with Crippen molar-refractivity contribution < 1.29 is 18.1 Å². The Balaban J connectivity index is 1.61. The molecule has 2 aromatic rings. The molecule has 7 heteroatoms. The van der Waals surface area contributed by atoms with Crippen molar-refractivity contribution in [3.8, 4) is 0 Å². The van der Waals surface area contributed by atoms with Crippen molar-refractivity contribution in [1.82, 2.24) is 15.0 Å². The third-order valence-corrected chi connectivity index (χ3v) is 5.41. The molecule has 5 nitrogen and oxygen atoms in total. The number of benzene rings is 1. The highest BCUT2D eigenvalue weighted by atomic mass is 19.2. The van der Waals surface area contributed by atoms with Crippen LogP contribution in [0.4, 0.5) is 8.78 Å². The maximum atomic E-state index is 13.5. The molecule has 0 radical (unpaired) electrons. The molecule has 0 spiro atoms. The summed E-state index contributed by atoms with van der Waals surface area (Å²) in [6.07, 6.45) is 5.01. The first kappa shape index (κ1) is 17.1. The van der Waals surface area contributed by atoms with Gasteiger partial charge in [0.1, 0.15) is 0 Å². The van der Waals surface area contributed by atoms with Crippen molar-refractivity contribution >= 4 is 5.91 Å².